The molecule has 0 spiro atoms. The average Bonchev–Trinajstić information content (AvgIpc) is 3.86. The van der Waals surface area contributed by atoms with Crippen LogP contribution >= 0.6 is 11.3 Å². The molecule has 0 N–H and O–H groups in total. The minimum absolute atomic E-state index is 0.0665. The zero-order chi connectivity index (χ0) is 33.3. The van der Waals surface area contributed by atoms with Crippen LogP contribution in [0, 0.1) is 11.3 Å². The summed E-state index contributed by atoms with van der Waals surface area (Å²) in [6, 6.07) is 53.2. The van der Waals surface area contributed by atoms with Gasteiger partial charge >= 0.3 is 0 Å². The third-order valence-corrected chi connectivity index (χ3v) is 12.3. The van der Waals surface area contributed by atoms with E-state index in [1.807, 2.05) is 23.5 Å². The molecule has 3 nitrogen and oxygen atoms in total. The lowest BCUT2D eigenvalue weighted by atomic mass is 9.82. The fourth-order valence-corrected chi connectivity index (χ4v) is 9.98. The molecule has 0 amide bonds. The number of nitrogens with zero attached hydrogens (tertiary/aromatic N) is 3. The van der Waals surface area contributed by atoms with Gasteiger partial charge in [0.15, 0.2) is 0 Å². The lowest BCUT2D eigenvalue weighted by Crippen LogP contribution is -2.14. The Bertz CT molecular complexity index is 3140. The molecule has 50 heavy (non-hydrogen) atoms. The van der Waals surface area contributed by atoms with Gasteiger partial charge in [-0.25, -0.2) is 0 Å². The fraction of sp³-hybridized carbons (Fsp3) is 0.0652. The SMILES string of the molecule is CC1(C)c2ccccc2-c2c1ccc1c3ccccc3n(-c3ccc4c(c3)sc3ccc(-n5c6ccccc6c6cc(C#N)ccc65)cc34)c21. The number of rotatable bonds is 2. The Morgan fingerprint density at radius 2 is 1.20 bits per heavy atom. The van der Waals surface area contributed by atoms with Crippen LogP contribution in [-0.4, -0.2) is 9.13 Å². The molecule has 0 unspecified atom stereocenters. The average molecular weight is 656 g/mol. The van der Waals surface area contributed by atoms with E-state index < -0.39 is 0 Å². The van der Waals surface area contributed by atoms with Gasteiger partial charge in [-0.15, -0.1) is 11.3 Å². The number of hydrogen-bond acceptors (Lipinski definition) is 2. The maximum absolute atomic E-state index is 9.62. The third-order valence-electron chi connectivity index (χ3n) is 11.1. The predicted molar refractivity (Wildman–Crippen MR) is 210 cm³/mol. The molecule has 0 radical (unpaired) electrons. The van der Waals surface area contributed by atoms with Crippen LogP contribution in [0.5, 0.6) is 0 Å². The van der Waals surface area contributed by atoms with E-state index in [-0.39, 0.29) is 5.41 Å². The van der Waals surface area contributed by atoms with Gasteiger partial charge in [-0.3, -0.25) is 0 Å². The Labute approximate surface area is 292 Å². The summed E-state index contributed by atoms with van der Waals surface area (Å²) >= 11 is 1.86. The number of para-hydroxylation sites is 2. The van der Waals surface area contributed by atoms with Gasteiger partial charge in [-0.2, -0.15) is 5.26 Å². The van der Waals surface area contributed by atoms with Crippen LogP contribution in [0.15, 0.2) is 140 Å². The summed E-state index contributed by atoms with van der Waals surface area (Å²) in [6.07, 6.45) is 0. The molecule has 0 bridgehead atoms. The molecule has 0 saturated heterocycles. The van der Waals surface area contributed by atoms with Crippen molar-refractivity contribution >= 4 is 75.1 Å². The molecule has 7 aromatic carbocycles. The van der Waals surface area contributed by atoms with Gasteiger partial charge in [0.2, 0.25) is 0 Å². The van der Waals surface area contributed by atoms with E-state index in [1.165, 1.54) is 69.9 Å². The highest BCUT2D eigenvalue weighted by Gasteiger charge is 2.37. The highest BCUT2D eigenvalue weighted by molar-refractivity contribution is 7.25. The van der Waals surface area contributed by atoms with Crippen molar-refractivity contribution in [2.24, 2.45) is 0 Å². The predicted octanol–water partition coefficient (Wildman–Crippen LogP) is 12.4. The lowest BCUT2D eigenvalue weighted by Gasteiger charge is -2.21. The molecule has 234 valence electrons. The monoisotopic (exact) mass is 655 g/mol. The van der Waals surface area contributed by atoms with Crippen molar-refractivity contribution in [2.75, 3.05) is 0 Å². The van der Waals surface area contributed by atoms with Crippen molar-refractivity contribution in [2.45, 2.75) is 19.3 Å². The molecule has 0 fully saturated rings. The van der Waals surface area contributed by atoms with Crippen molar-refractivity contribution in [1.29, 1.82) is 5.26 Å². The summed E-state index contributed by atoms with van der Waals surface area (Å²) in [5.74, 6) is 0. The Kier molecular flexibility index (Phi) is 5.40. The summed E-state index contributed by atoms with van der Waals surface area (Å²) < 4.78 is 7.38. The normalized spacial score (nSPS) is 13.5. The number of aromatic nitrogens is 2. The van der Waals surface area contributed by atoms with Crippen LogP contribution in [0.2, 0.25) is 0 Å². The van der Waals surface area contributed by atoms with E-state index >= 15 is 0 Å². The number of fused-ring (bicyclic) bond motifs is 13. The zero-order valence-corrected chi connectivity index (χ0v) is 28.3. The van der Waals surface area contributed by atoms with E-state index in [0.717, 1.165) is 27.5 Å². The van der Waals surface area contributed by atoms with Crippen molar-refractivity contribution in [3.8, 4) is 28.6 Å². The lowest BCUT2D eigenvalue weighted by molar-refractivity contribution is 0.661. The first-order chi connectivity index (χ1) is 24.5. The summed E-state index contributed by atoms with van der Waals surface area (Å²) in [7, 11) is 0. The van der Waals surface area contributed by atoms with E-state index in [2.05, 4.69) is 156 Å². The molecule has 0 atom stereocenters. The summed E-state index contributed by atoms with van der Waals surface area (Å²) in [4.78, 5) is 0. The van der Waals surface area contributed by atoms with Gasteiger partial charge in [0, 0.05) is 64.1 Å². The highest BCUT2D eigenvalue weighted by Crippen LogP contribution is 2.53. The summed E-state index contributed by atoms with van der Waals surface area (Å²) in [5.41, 5.74) is 13.2. The molecule has 3 heterocycles. The van der Waals surface area contributed by atoms with Crippen LogP contribution in [0.25, 0.3) is 86.3 Å². The Balaban J connectivity index is 1.15. The van der Waals surface area contributed by atoms with E-state index in [1.54, 1.807) is 0 Å². The number of hydrogen-bond donors (Lipinski definition) is 0. The zero-order valence-electron chi connectivity index (χ0n) is 27.5. The molecule has 0 aliphatic heterocycles. The van der Waals surface area contributed by atoms with Crippen molar-refractivity contribution in [3.63, 3.8) is 0 Å². The second-order valence-corrected chi connectivity index (χ2v) is 15.2. The first-order valence-electron chi connectivity index (χ1n) is 17.1. The molecular formula is C46H29N3S. The molecule has 4 heteroatoms. The molecule has 1 aliphatic rings. The van der Waals surface area contributed by atoms with Crippen molar-refractivity contribution in [1.82, 2.24) is 9.13 Å². The smallest absolute Gasteiger partial charge is 0.0991 e. The minimum atomic E-state index is -0.0665. The van der Waals surface area contributed by atoms with Gasteiger partial charge in [0.05, 0.1) is 33.7 Å². The molecule has 11 rings (SSSR count). The van der Waals surface area contributed by atoms with E-state index in [9.17, 15) is 5.26 Å². The minimum Gasteiger partial charge on any atom is -0.309 e. The first-order valence-corrected chi connectivity index (χ1v) is 17.9. The summed E-state index contributed by atoms with van der Waals surface area (Å²) in [6.45, 7) is 4.72. The van der Waals surface area contributed by atoms with Gasteiger partial charge in [-0.1, -0.05) is 92.7 Å². The van der Waals surface area contributed by atoms with Crippen LogP contribution < -0.4 is 0 Å². The van der Waals surface area contributed by atoms with E-state index in [0.29, 0.717) is 5.56 Å². The number of benzene rings is 7. The first kappa shape index (κ1) is 27.8. The maximum Gasteiger partial charge on any atom is 0.0991 e. The molecule has 10 aromatic rings. The van der Waals surface area contributed by atoms with Gasteiger partial charge < -0.3 is 9.13 Å². The molecule has 0 saturated carbocycles. The van der Waals surface area contributed by atoms with Crippen LogP contribution in [0.1, 0.15) is 30.5 Å². The second-order valence-electron chi connectivity index (χ2n) is 14.1. The fourth-order valence-electron chi connectivity index (χ4n) is 8.86. The van der Waals surface area contributed by atoms with Crippen molar-refractivity contribution < 1.29 is 0 Å². The Morgan fingerprint density at radius 1 is 0.520 bits per heavy atom. The third kappa shape index (κ3) is 3.52. The molecule has 3 aromatic heterocycles. The maximum atomic E-state index is 9.62. The van der Waals surface area contributed by atoms with Gasteiger partial charge in [0.1, 0.15) is 0 Å². The number of thiophene rings is 1. The Morgan fingerprint density at radius 3 is 2.04 bits per heavy atom. The number of nitriles is 1. The standard InChI is InChI=1S/C46H29N3S/c1-46(2)37-12-6-3-11-34(37)44-38(46)20-19-33-30-9-4-8-14-40(30)49(45(33)44)29-16-18-32-36-24-28(17-22-42(36)50-43(32)25-29)48-39-13-7-5-10-31(39)35-23-27(26-47)15-21-41(35)48/h3-25H,1-2H3. The molecular weight excluding hydrogens is 627 g/mol. The second kappa shape index (κ2) is 9.72. The largest absolute Gasteiger partial charge is 0.309 e. The van der Waals surface area contributed by atoms with Gasteiger partial charge in [0.25, 0.3) is 0 Å². The summed E-state index contributed by atoms with van der Waals surface area (Å²) in [5, 5.41) is 17.0. The van der Waals surface area contributed by atoms with Gasteiger partial charge in [-0.05, 0) is 77.4 Å². The highest BCUT2D eigenvalue weighted by atomic mass is 32.1. The van der Waals surface area contributed by atoms with Crippen LogP contribution in [0.4, 0.5) is 0 Å². The van der Waals surface area contributed by atoms with Crippen LogP contribution in [-0.2, 0) is 5.41 Å². The van der Waals surface area contributed by atoms with Crippen LogP contribution in [0.3, 0.4) is 0 Å². The van der Waals surface area contributed by atoms with Crippen molar-refractivity contribution in [3.05, 3.63) is 156 Å². The Hall–Kier alpha value is -6.15. The van der Waals surface area contributed by atoms with E-state index in [4.69, 9.17) is 0 Å². The quantitative estimate of drug-likeness (QED) is 0.182. The molecule has 1 aliphatic carbocycles. The topological polar surface area (TPSA) is 33.6 Å².